The molecule has 0 N–H and O–H groups in total. The number of benzene rings is 1. The summed E-state index contributed by atoms with van der Waals surface area (Å²) in [5.41, 5.74) is 4.77. The third-order valence-corrected chi connectivity index (χ3v) is 4.27. The van der Waals surface area contributed by atoms with Crippen LogP contribution in [-0.2, 0) is 29.1 Å². The Labute approximate surface area is 123 Å². The first-order chi connectivity index (χ1) is 10.2. The standard InChI is InChI=1S/C16H17N3O2/c1-11(20)18-5-6-19-16(18)15(9-17-19)13-2-3-14-10-21-7-4-12(14)8-13/h2-3,8-9H,4-7,10H2,1H3. The molecule has 0 saturated carbocycles. The van der Waals surface area contributed by atoms with Crippen LogP contribution < -0.4 is 4.90 Å². The van der Waals surface area contributed by atoms with Crippen molar-refractivity contribution in [2.45, 2.75) is 26.5 Å². The Bertz CT molecular complexity index is 720. The molecule has 0 spiro atoms. The molecule has 2 aliphatic rings. The van der Waals surface area contributed by atoms with Crippen molar-refractivity contribution >= 4 is 11.7 Å². The number of fused-ring (bicyclic) bond motifs is 2. The van der Waals surface area contributed by atoms with Crippen LogP contribution in [-0.4, -0.2) is 28.8 Å². The molecule has 1 aromatic carbocycles. The molecule has 0 radical (unpaired) electrons. The van der Waals surface area contributed by atoms with E-state index in [-0.39, 0.29) is 5.91 Å². The van der Waals surface area contributed by atoms with Gasteiger partial charge in [-0.1, -0.05) is 18.2 Å². The van der Waals surface area contributed by atoms with Crippen LogP contribution in [0.4, 0.5) is 5.82 Å². The summed E-state index contributed by atoms with van der Waals surface area (Å²) < 4.78 is 7.40. The fraction of sp³-hybridized carbons (Fsp3) is 0.375. The SMILES string of the molecule is CC(=O)N1CCn2ncc(-c3ccc4c(c3)CCOC4)c21. The molecule has 0 unspecified atom stereocenters. The lowest BCUT2D eigenvalue weighted by Gasteiger charge is -2.18. The molecule has 0 fully saturated rings. The second kappa shape index (κ2) is 4.70. The van der Waals surface area contributed by atoms with Crippen molar-refractivity contribution < 1.29 is 9.53 Å². The van der Waals surface area contributed by atoms with Gasteiger partial charge in [-0.2, -0.15) is 5.10 Å². The molecule has 1 amide bonds. The number of rotatable bonds is 1. The van der Waals surface area contributed by atoms with Crippen LogP contribution in [0.5, 0.6) is 0 Å². The van der Waals surface area contributed by atoms with E-state index in [1.54, 1.807) is 6.92 Å². The van der Waals surface area contributed by atoms with Crippen LogP contribution in [0.2, 0.25) is 0 Å². The van der Waals surface area contributed by atoms with Crippen molar-refractivity contribution in [3.05, 3.63) is 35.5 Å². The Morgan fingerprint density at radius 1 is 1.29 bits per heavy atom. The number of anilines is 1. The van der Waals surface area contributed by atoms with E-state index < -0.39 is 0 Å². The van der Waals surface area contributed by atoms with Crippen molar-refractivity contribution in [3.63, 3.8) is 0 Å². The summed E-state index contributed by atoms with van der Waals surface area (Å²) in [7, 11) is 0. The molecule has 5 heteroatoms. The summed E-state index contributed by atoms with van der Waals surface area (Å²) in [5.74, 6) is 0.997. The topological polar surface area (TPSA) is 47.4 Å². The van der Waals surface area contributed by atoms with E-state index in [0.717, 1.165) is 36.5 Å². The fourth-order valence-electron chi connectivity index (χ4n) is 3.17. The van der Waals surface area contributed by atoms with E-state index >= 15 is 0 Å². The fourth-order valence-corrected chi connectivity index (χ4v) is 3.17. The van der Waals surface area contributed by atoms with Crippen molar-refractivity contribution in [2.24, 2.45) is 0 Å². The second-order valence-corrected chi connectivity index (χ2v) is 5.56. The van der Waals surface area contributed by atoms with Gasteiger partial charge in [0.05, 0.1) is 26.0 Å². The van der Waals surface area contributed by atoms with Gasteiger partial charge in [0.2, 0.25) is 5.91 Å². The molecule has 1 aromatic heterocycles. The molecule has 0 bridgehead atoms. The highest BCUT2D eigenvalue weighted by Gasteiger charge is 2.27. The summed E-state index contributed by atoms with van der Waals surface area (Å²) in [5, 5.41) is 4.42. The summed E-state index contributed by atoms with van der Waals surface area (Å²) >= 11 is 0. The minimum atomic E-state index is 0.0712. The Balaban J connectivity index is 1.80. The zero-order valence-electron chi connectivity index (χ0n) is 12.0. The molecule has 5 nitrogen and oxygen atoms in total. The average Bonchev–Trinajstić information content (AvgIpc) is 3.08. The van der Waals surface area contributed by atoms with Crippen LogP contribution in [0.1, 0.15) is 18.1 Å². The second-order valence-electron chi connectivity index (χ2n) is 5.56. The van der Waals surface area contributed by atoms with Gasteiger partial charge in [0.25, 0.3) is 0 Å². The molecule has 0 saturated heterocycles. The van der Waals surface area contributed by atoms with Crippen LogP contribution in [0.3, 0.4) is 0 Å². The van der Waals surface area contributed by atoms with Gasteiger partial charge in [-0.3, -0.25) is 9.69 Å². The Morgan fingerprint density at radius 3 is 3.05 bits per heavy atom. The number of nitrogens with zero attached hydrogens (tertiary/aromatic N) is 3. The van der Waals surface area contributed by atoms with Crippen molar-refractivity contribution in [3.8, 4) is 11.1 Å². The van der Waals surface area contributed by atoms with Crippen LogP contribution in [0.15, 0.2) is 24.4 Å². The Morgan fingerprint density at radius 2 is 2.19 bits per heavy atom. The van der Waals surface area contributed by atoms with E-state index in [4.69, 9.17) is 4.74 Å². The number of carbonyl (C=O) groups excluding carboxylic acids is 1. The average molecular weight is 283 g/mol. The van der Waals surface area contributed by atoms with Crippen molar-refractivity contribution in [1.82, 2.24) is 9.78 Å². The van der Waals surface area contributed by atoms with E-state index in [1.807, 2.05) is 15.8 Å². The lowest BCUT2D eigenvalue weighted by molar-refractivity contribution is -0.116. The lowest BCUT2D eigenvalue weighted by atomic mass is 9.97. The predicted molar refractivity (Wildman–Crippen MR) is 79.1 cm³/mol. The van der Waals surface area contributed by atoms with E-state index in [1.165, 1.54) is 11.1 Å². The highest BCUT2D eigenvalue weighted by Crippen LogP contribution is 2.35. The third kappa shape index (κ3) is 1.96. The molecular weight excluding hydrogens is 266 g/mol. The molecule has 21 heavy (non-hydrogen) atoms. The zero-order chi connectivity index (χ0) is 14.4. The minimum Gasteiger partial charge on any atom is -0.376 e. The first-order valence-corrected chi connectivity index (χ1v) is 7.28. The summed E-state index contributed by atoms with van der Waals surface area (Å²) in [6.45, 7) is 4.57. The molecule has 0 atom stereocenters. The molecule has 108 valence electrons. The maximum absolute atomic E-state index is 11.8. The first kappa shape index (κ1) is 12.6. The van der Waals surface area contributed by atoms with E-state index in [0.29, 0.717) is 13.2 Å². The number of hydrogen-bond donors (Lipinski definition) is 0. The van der Waals surface area contributed by atoms with Gasteiger partial charge in [0, 0.05) is 19.0 Å². The molecule has 2 aromatic rings. The zero-order valence-corrected chi connectivity index (χ0v) is 12.0. The van der Waals surface area contributed by atoms with Crippen LogP contribution in [0.25, 0.3) is 11.1 Å². The summed E-state index contributed by atoms with van der Waals surface area (Å²) in [4.78, 5) is 13.6. The van der Waals surface area contributed by atoms with Crippen LogP contribution >= 0.6 is 0 Å². The maximum atomic E-state index is 11.8. The van der Waals surface area contributed by atoms with Gasteiger partial charge in [-0.05, 0) is 23.1 Å². The maximum Gasteiger partial charge on any atom is 0.225 e. The van der Waals surface area contributed by atoms with Gasteiger partial charge < -0.3 is 4.74 Å². The molecular formula is C16H17N3O2. The Kier molecular flexibility index (Phi) is 2.82. The quantitative estimate of drug-likeness (QED) is 0.804. The Hall–Kier alpha value is -2.14. The third-order valence-electron chi connectivity index (χ3n) is 4.27. The van der Waals surface area contributed by atoms with Crippen molar-refractivity contribution in [1.29, 1.82) is 0 Å². The number of carbonyl (C=O) groups is 1. The number of amides is 1. The van der Waals surface area contributed by atoms with Gasteiger partial charge >= 0.3 is 0 Å². The highest BCUT2D eigenvalue weighted by molar-refractivity contribution is 5.96. The highest BCUT2D eigenvalue weighted by atomic mass is 16.5. The van der Waals surface area contributed by atoms with Gasteiger partial charge in [0.15, 0.2) is 0 Å². The molecule has 3 heterocycles. The smallest absolute Gasteiger partial charge is 0.225 e. The number of ether oxygens (including phenoxy) is 1. The number of hydrogen-bond acceptors (Lipinski definition) is 3. The molecule has 0 aliphatic carbocycles. The molecule has 4 rings (SSSR count). The lowest BCUT2D eigenvalue weighted by Crippen LogP contribution is -2.26. The van der Waals surface area contributed by atoms with Crippen molar-refractivity contribution in [2.75, 3.05) is 18.1 Å². The number of aromatic nitrogens is 2. The van der Waals surface area contributed by atoms with Crippen LogP contribution in [0, 0.1) is 0 Å². The molecule has 2 aliphatic heterocycles. The van der Waals surface area contributed by atoms with E-state index in [2.05, 4.69) is 23.3 Å². The first-order valence-electron chi connectivity index (χ1n) is 7.28. The predicted octanol–water partition coefficient (Wildman–Crippen LogP) is 1.99. The van der Waals surface area contributed by atoms with E-state index in [9.17, 15) is 4.79 Å². The van der Waals surface area contributed by atoms with Gasteiger partial charge in [0.1, 0.15) is 5.82 Å². The summed E-state index contributed by atoms with van der Waals surface area (Å²) in [6.07, 6.45) is 2.81. The normalized spacial score (nSPS) is 16.7. The summed E-state index contributed by atoms with van der Waals surface area (Å²) in [6, 6.07) is 6.44. The van der Waals surface area contributed by atoms with Gasteiger partial charge in [-0.15, -0.1) is 0 Å². The monoisotopic (exact) mass is 283 g/mol. The minimum absolute atomic E-state index is 0.0712. The van der Waals surface area contributed by atoms with Gasteiger partial charge in [-0.25, -0.2) is 4.68 Å². The largest absolute Gasteiger partial charge is 0.376 e.